The standard InChI is InChI=1S/C7H11NO2/c1-3-6(2)10-7(9)4-5-8/h6H,3-4H2,1-2H3. The van der Waals surface area contributed by atoms with Gasteiger partial charge in [-0.15, -0.1) is 0 Å². The van der Waals surface area contributed by atoms with E-state index >= 15 is 0 Å². The molecule has 1 atom stereocenters. The first-order valence-electron chi connectivity index (χ1n) is 3.27. The van der Waals surface area contributed by atoms with Gasteiger partial charge in [0.25, 0.3) is 0 Å². The first kappa shape index (κ1) is 8.96. The van der Waals surface area contributed by atoms with Gasteiger partial charge in [0.1, 0.15) is 6.42 Å². The molecule has 0 bridgehead atoms. The van der Waals surface area contributed by atoms with Gasteiger partial charge in [-0.05, 0) is 13.3 Å². The normalized spacial score (nSPS) is 11.7. The Morgan fingerprint density at radius 2 is 2.40 bits per heavy atom. The Morgan fingerprint density at radius 1 is 1.80 bits per heavy atom. The molecule has 0 aromatic heterocycles. The van der Waals surface area contributed by atoms with Gasteiger partial charge in [-0.2, -0.15) is 5.26 Å². The highest BCUT2D eigenvalue weighted by Crippen LogP contribution is 1.97. The van der Waals surface area contributed by atoms with E-state index in [1.54, 1.807) is 13.0 Å². The molecular formula is C7H11NO2. The average molecular weight is 141 g/mol. The summed E-state index contributed by atoms with van der Waals surface area (Å²) in [7, 11) is 0. The molecule has 0 aliphatic carbocycles. The summed E-state index contributed by atoms with van der Waals surface area (Å²) in [5.74, 6) is -0.433. The van der Waals surface area contributed by atoms with E-state index in [9.17, 15) is 4.79 Å². The van der Waals surface area contributed by atoms with Gasteiger partial charge >= 0.3 is 5.97 Å². The summed E-state index contributed by atoms with van der Waals surface area (Å²) in [5, 5.41) is 8.07. The van der Waals surface area contributed by atoms with Crippen LogP contribution in [0, 0.1) is 11.3 Å². The maximum absolute atomic E-state index is 10.6. The van der Waals surface area contributed by atoms with Gasteiger partial charge in [-0.1, -0.05) is 6.92 Å². The summed E-state index contributed by atoms with van der Waals surface area (Å²) in [6, 6.07) is 1.72. The third-order valence-electron chi connectivity index (χ3n) is 1.13. The number of esters is 1. The van der Waals surface area contributed by atoms with E-state index in [2.05, 4.69) is 0 Å². The van der Waals surface area contributed by atoms with Crippen molar-refractivity contribution in [3.63, 3.8) is 0 Å². The third-order valence-corrected chi connectivity index (χ3v) is 1.13. The Hall–Kier alpha value is -1.04. The second-order valence-corrected chi connectivity index (χ2v) is 2.04. The fraction of sp³-hybridized carbons (Fsp3) is 0.714. The molecule has 0 aromatic rings. The van der Waals surface area contributed by atoms with Gasteiger partial charge in [0.2, 0.25) is 0 Å². The van der Waals surface area contributed by atoms with Gasteiger partial charge in [-0.25, -0.2) is 0 Å². The van der Waals surface area contributed by atoms with Crippen LogP contribution in [0.25, 0.3) is 0 Å². The van der Waals surface area contributed by atoms with Crippen molar-refractivity contribution in [2.45, 2.75) is 32.8 Å². The van der Waals surface area contributed by atoms with Crippen molar-refractivity contribution >= 4 is 5.97 Å². The van der Waals surface area contributed by atoms with E-state index in [0.29, 0.717) is 0 Å². The summed E-state index contributed by atoms with van der Waals surface area (Å²) < 4.78 is 4.78. The Morgan fingerprint density at radius 3 is 2.80 bits per heavy atom. The van der Waals surface area contributed by atoms with Crippen molar-refractivity contribution in [2.75, 3.05) is 0 Å². The van der Waals surface area contributed by atoms with Crippen molar-refractivity contribution in [1.29, 1.82) is 5.26 Å². The van der Waals surface area contributed by atoms with Crippen molar-refractivity contribution in [1.82, 2.24) is 0 Å². The highest BCUT2D eigenvalue weighted by atomic mass is 16.5. The first-order valence-corrected chi connectivity index (χ1v) is 3.27. The van der Waals surface area contributed by atoms with Crippen LogP contribution in [-0.4, -0.2) is 12.1 Å². The number of ether oxygens (including phenoxy) is 1. The number of carbonyl (C=O) groups excluding carboxylic acids is 1. The highest BCUT2D eigenvalue weighted by Gasteiger charge is 2.05. The van der Waals surface area contributed by atoms with E-state index in [4.69, 9.17) is 10.00 Å². The number of rotatable bonds is 3. The lowest BCUT2D eigenvalue weighted by Gasteiger charge is -2.07. The van der Waals surface area contributed by atoms with Crippen molar-refractivity contribution < 1.29 is 9.53 Å². The molecule has 0 saturated carbocycles. The topological polar surface area (TPSA) is 50.1 Å². The van der Waals surface area contributed by atoms with Crippen LogP contribution in [0.4, 0.5) is 0 Å². The van der Waals surface area contributed by atoms with Crippen molar-refractivity contribution in [2.24, 2.45) is 0 Å². The molecule has 0 aliphatic heterocycles. The summed E-state index contributed by atoms with van der Waals surface area (Å²) >= 11 is 0. The zero-order valence-electron chi connectivity index (χ0n) is 6.26. The number of hydrogen-bond acceptors (Lipinski definition) is 3. The monoisotopic (exact) mass is 141 g/mol. The molecule has 0 amide bonds. The predicted octanol–water partition coefficient (Wildman–Crippen LogP) is 1.24. The number of hydrogen-bond donors (Lipinski definition) is 0. The molecule has 56 valence electrons. The summed E-state index contributed by atoms with van der Waals surface area (Å²) in [6.45, 7) is 3.72. The highest BCUT2D eigenvalue weighted by molar-refractivity contribution is 5.71. The van der Waals surface area contributed by atoms with Crippen LogP contribution in [0.15, 0.2) is 0 Å². The first-order chi connectivity index (χ1) is 4.70. The van der Waals surface area contributed by atoms with Crippen LogP contribution >= 0.6 is 0 Å². The third kappa shape index (κ3) is 3.90. The lowest BCUT2D eigenvalue weighted by atomic mass is 10.3. The minimum atomic E-state index is -0.433. The van der Waals surface area contributed by atoms with Gasteiger partial charge in [0.15, 0.2) is 0 Å². The minimum Gasteiger partial charge on any atom is -0.462 e. The zero-order valence-corrected chi connectivity index (χ0v) is 6.26. The molecule has 0 saturated heterocycles. The van der Waals surface area contributed by atoms with Gasteiger partial charge in [0.05, 0.1) is 12.2 Å². The lowest BCUT2D eigenvalue weighted by molar-refractivity contribution is -0.147. The number of carbonyl (C=O) groups is 1. The molecule has 0 spiro atoms. The van der Waals surface area contributed by atoms with Crippen molar-refractivity contribution in [3.8, 4) is 6.07 Å². The maximum atomic E-state index is 10.6. The Labute approximate surface area is 60.6 Å². The summed E-state index contributed by atoms with van der Waals surface area (Å²) in [6.07, 6.45) is 0.572. The lowest BCUT2D eigenvalue weighted by Crippen LogP contribution is -2.12. The molecule has 1 unspecified atom stereocenters. The molecule has 0 heterocycles. The van der Waals surface area contributed by atoms with Crippen molar-refractivity contribution in [3.05, 3.63) is 0 Å². The van der Waals surface area contributed by atoms with Gasteiger partial charge < -0.3 is 4.74 Å². The van der Waals surface area contributed by atoms with Gasteiger partial charge in [-0.3, -0.25) is 4.79 Å². The second kappa shape index (κ2) is 4.80. The molecular weight excluding hydrogens is 130 g/mol. The minimum absolute atomic E-state index is 0.0687. The van der Waals surface area contributed by atoms with E-state index in [-0.39, 0.29) is 12.5 Å². The molecule has 0 rings (SSSR count). The SMILES string of the molecule is CCC(C)OC(=O)CC#N. The quantitative estimate of drug-likeness (QED) is 0.555. The van der Waals surface area contributed by atoms with Crippen LogP contribution in [0.2, 0.25) is 0 Å². The second-order valence-electron chi connectivity index (χ2n) is 2.04. The summed E-state index contributed by atoms with van der Waals surface area (Å²) in [5.41, 5.74) is 0. The maximum Gasteiger partial charge on any atom is 0.320 e. The predicted molar refractivity (Wildman–Crippen MR) is 36.1 cm³/mol. The van der Waals surface area contributed by atoms with Gasteiger partial charge in [0, 0.05) is 0 Å². The Kier molecular flexibility index (Phi) is 4.30. The smallest absolute Gasteiger partial charge is 0.320 e. The van der Waals surface area contributed by atoms with Crippen LogP contribution in [0.5, 0.6) is 0 Å². The molecule has 0 N–H and O–H groups in total. The molecule has 0 radical (unpaired) electrons. The van der Waals surface area contributed by atoms with E-state index in [1.165, 1.54) is 0 Å². The average Bonchev–Trinajstić information content (AvgIpc) is 1.88. The number of nitrogens with zero attached hydrogens (tertiary/aromatic N) is 1. The Bertz CT molecular complexity index is 148. The largest absolute Gasteiger partial charge is 0.462 e. The number of nitriles is 1. The van der Waals surface area contributed by atoms with Crippen LogP contribution < -0.4 is 0 Å². The van der Waals surface area contributed by atoms with E-state index in [1.807, 2.05) is 6.92 Å². The molecule has 10 heavy (non-hydrogen) atoms. The fourth-order valence-electron chi connectivity index (χ4n) is 0.414. The van der Waals surface area contributed by atoms with Crippen LogP contribution in [0.3, 0.4) is 0 Å². The van der Waals surface area contributed by atoms with E-state index in [0.717, 1.165) is 6.42 Å². The zero-order chi connectivity index (χ0) is 7.98. The Balaban J connectivity index is 3.49. The van der Waals surface area contributed by atoms with Crippen LogP contribution in [-0.2, 0) is 9.53 Å². The molecule has 3 heteroatoms. The summed E-state index contributed by atoms with van der Waals surface area (Å²) in [4.78, 5) is 10.6. The van der Waals surface area contributed by atoms with E-state index < -0.39 is 5.97 Å². The molecule has 0 aliphatic rings. The molecule has 0 fully saturated rings. The fourth-order valence-corrected chi connectivity index (χ4v) is 0.414. The molecule has 3 nitrogen and oxygen atoms in total. The van der Waals surface area contributed by atoms with Crippen LogP contribution in [0.1, 0.15) is 26.7 Å². The molecule has 0 aromatic carbocycles.